The van der Waals surface area contributed by atoms with Gasteiger partial charge < -0.3 is 45.1 Å². The number of hydrogen-bond donors (Lipinski definition) is 4. The van der Waals surface area contributed by atoms with Gasteiger partial charge in [-0.1, -0.05) is 56.2 Å². The third kappa shape index (κ3) is 9.52. The Kier molecular flexibility index (Phi) is 13.3. The molecule has 0 aliphatic carbocycles. The van der Waals surface area contributed by atoms with E-state index in [4.69, 9.17) is 23.9 Å². The maximum atomic E-state index is 14.0. The molecule has 4 N–H and O–H groups in total. The van der Waals surface area contributed by atoms with Gasteiger partial charge in [0.2, 0.25) is 17.7 Å². The summed E-state index contributed by atoms with van der Waals surface area (Å²) in [5, 5.41) is 11.5. The van der Waals surface area contributed by atoms with Crippen LogP contribution in [0.15, 0.2) is 96.0 Å². The second kappa shape index (κ2) is 19.9. The van der Waals surface area contributed by atoms with Crippen molar-refractivity contribution in [3.63, 3.8) is 0 Å². The predicted molar refractivity (Wildman–Crippen MR) is 258 cm³/mol. The van der Waals surface area contributed by atoms with Gasteiger partial charge in [0.05, 0.1) is 61.9 Å². The standard InChI is InChI=1S/C52H53N7O9/c1-4-5-6-15-48(60)55-27-49(61)56-28-50(62)57-35-17-31(29-67-46-23-40-38(21-44(46)65-2)51(63)58-36(25-53-40)19-33-11-7-9-13-42(33)58)16-32(18-35)30-68-47-24-41-39(22-45(47)66-3)52(64)59-37(26-54-41)20-34-12-8-10-14-43(34)59/h7-14,16-18,21-25,36-37,54H,4-6,15,19-20,26-30H2,1-3H3,(H,55,60)(H,56,61)(H,57,62)/t36-,37?/m0/s1. The van der Waals surface area contributed by atoms with Crippen molar-refractivity contribution in [2.45, 2.75) is 70.7 Å². The van der Waals surface area contributed by atoms with Crippen molar-refractivity contribution in [2.24, 2.45) is 4.99 Å². The number of nitrogens with one attached hydrogen (secondary N) is 4. The second-order valence-corrected chi connectivity index (χ2v) is 17.1. The van der Waals surface area contributed by atoms with Crippen LogP contribution in [0, 0.1) is 0 Å². The number of nitrogens with zero attached hydrogens (tertiary/aromatic N) is 3. The first-order valence-corrected chi connectivity index (χ1v) is 22.9. The van der Waals surface area contributed by atoms with Crippen molar-refractivity contribution < 1.29 is 42.9 Å². The van der Waals surface area contributed by atoms with E-state index in [0.717, 1.165) is 48.2 Å². The number of benzene rings is 5. The summed E-state index contributed by atoms with van der Waals surface area (Å²) in [7, 11) is 3.02. The lowest BCUT2D eigenvalue weighted by molar-refractivity contribution is -0.127. The van der Waals surface area contributed by atoms with E-state index in [2.05, 4.69) is 27.3 Å². The Labute approximate surface area is 394 Å². The first-order valence-electron chi connectivity index (χ1n) is 22.9. The number of anilines is 4. The maximum absolute atomic E-state index is 14.0. The zero-order chi connectivity index (χ0) is 47.3. The van der Waals surface area contributed by atoms with Crippen molar-refractivity contribution in [3.05, 3.63) is 124 Å². The number of carbonyl (C=O) groups is 5. The van der Waals surface area contributed by atoms with E-state index in [-0.39, 0.29) is 56.1 Å². The van der Waals surface area contributed by atoms with Crippen LogP contribution in [0.5, 0.6) is 23.0 Å². The number of fused-ring (bicyclic) bond motifs is 8. The monoisotopic (exact) mass is 919 g/mol. The quantitative estimate of drug-likeness (QED) is 0.0715. The summed E-state index contributed by atoms with van der Waals surface area (Å²) in [6.07, 6.45) is 6.17. The van der Waals surface area contributed by atoms with E-state index >= 15 is 0 Å². The number of aliphatic imine (C=N–C) groups is 1. The van der Waals surface area contributed by atoms with Crippen LogP contribution in [-0.4, -0.2) is 81.7 Å². The average Bonchev–Trinajstić information content (AvgIpc) is 3.84. The largest absolute Gasteiger partial charge is 0.493 e. The molecule has 1 unspecified atom stereocenters. The molecule has 4 heterocycles. The van der Waals surface area contributed by atoms with Crippen LogP contribution >= 0.6 is 0 Å². The van der Waals surface area contributed by atoms with Gasteiger partial charge in [0.1, 0.15) is 13.2 Å². The van der Waals surface area contributed by atoms with Gasteiger partial charge in [0.25, 0.3) is 11.8 Å². The molecule has 5 amide bonds. The summed E-state index contributed by atoms with van der Waals surface area (Å²) in [4.78, 5) is 74.3. The molecule has 0 aromatic heterocycles. The van der Waals surface area contributed by atoms with Crippen LogP contribution in [-0.2, 0) is 40.4 Å². The van der Waals surface area contributed by atoms with Gasteiger partial charge in [-0.2, -0.15) is 0 Å². The van der Waals surface area contributed by atoms with Crippen LogP contribution in [0.4, 0.5) is 28.4 Å². The second-order valence-electron chi connectivity index (χ2n) is 17.1. The molecule has 0 bridgehead atoms. The molecule has 4 aliphatic heterocycles. The molecule has 0 fully saturated rings. The van der Waals surface area contributed by atoms with Gasteiger partial charge in [0.15, 0.2) is 23.0 Å². The van der Waals surface area contributed by atoms with Crippen LogP contribution in [0.1, 0.15) is 75.6 Å². The Hall–Kier alpha value is -7.88. The molecule has 0 saturated heterocycles. The zero-order valence-corrected chi connectivity index (χ0v) is 38.2. The van der Waals surface area contributed by atoms with Crippen molar-refractivity contribution >= 4 is 64.2 Å². The number of rotatable bonds is 17. The summed E-state index contributed by atoms with van der Waals surface area (Å²) in [5.74, 6) is -0.0721. The summed E-state index contributed by atoms with van der Waals surface area (Å²) >= 11 is 0. The topological polar surface area (TPSA) is 189 Å². The Morgan fingerprint density at radius 2 is 1.31 bits per heavy atom. The zero-order valence-electron chi connectivity index (χ0n) is 38.2. The summed E-state index contributed by atoms with van der Waals surface area (Å²) in [5.41, 5.74) is 7.59. The molecule has 0 saturated carbocycles. The van der Waals surface area contributed by atoms with E-state index < -0.39 is 11.8 Å². The number of hydrogen-bond acceptors (Lipinski definition) is 11. The molecule has 16 nitrogen and oxygen atoms in total. The molecule has 68 heavy (non-hydrogen) atoms. The van der Waals surface area contributed by atoms with E-state index in [1.54, 1.807) is 47.5 Å². The van der Waals surface area contributed by atoms with Gasteiger partial charge in [-0.25, -0.2) is 0 Å². The van der Waals surface area contributed by atoms with Gasteiger partial charge in [-0.05, 0) is 77.6 Å². The van der Waals surface area contributed by atoms with Crippen LogP contribution in [0.25, 0.3) is 0 Å². The molecule has 5 aromatic rings. The third-order valence-electron chi connectivity index (χ3n) is 12.5. The first-order chi connectivity index (χ1) is 33.1. The lowest BCUT2D eigenvalue weighted by atomic mass is 10.1. The highest BCUT2D eigenvalue weighted by Crippen LogP contribution is 2.43. The molecule has 2 atom stereocenters. The minimum Gasteiger partial charge on any atom is -0.493 e. The number of ether oxygens (including phenoxy) is 4. The molecule has 0 spiro atoms. The van der Waals surface area contributed by atoms with Gasteiger partial charge in [-0.3, -0.25) is 33.9 Å². The fraction of sp³-hybridized carbons (Fsp3) is 0.308. The SMILES string of the molecule is CCCCCC(=O)NCC(=O)NCC(=O)Nc1cc(COc2cc3c(cc2OC)C(=O)N2c4ccccc4C[C@H]2C=N3)cc(COc2cc3c(cc2OC)C(=O)N2c4ccccc4CC2CN3)c1. The van der Waals surface area contributed by atoms with Crippen molar-refractivity contribution in [3.8, 4) is 23.0 Å². The highest BCUT2D eigenvalue weighted by Gasteiger charge is 2.39. The van der Waals surface area contributed by atoms with E-state index in [0.29, 0.717) is 81.7 Å². The van der Waals surface area contributed by atoms with Gasteiger partial charge in [0, 0.05) is 54.8 Å². The normalized spacial score (nSPS) is 16.1. The van der Waals surface area contributed by atoms with Crippen LogP contribution < -0.4 is 50.0 Å². The highest BCUT2D eigenvalue weighted by atomic mass is 16.5. The van der Waals surface area contributed by atoms with E-state index in [9.17, 15) is 24.0 Å². The summed E-state index contributed by atoms with van der Waals surface area (Å²) in [6.45, 7) is 2.04. The number of para-hydroxylation sites is 2. The lowest BCUT2D eigenvalue weighted by Crippen LogP contribution is -2.40. The molecular weight excluding hydrogens is 867 g/mol. The fourth-order valence-corrected chi connectivity index (χ4v) is 9.17. The molecule has 16 heteroatoms. The first kappa shape index (κ1) is 45.3. The molecular formula is C52H53N7O9. The average molecular weight is 920 g/mol. The number of unbranched alkanes of at least 4 members (excludes halogenated alkanes) is 2. The number of carbonyl (C=O) groups excluding carboxylic acids is 5. The number of amides is 5. The Morgan fingerprint density at radius 3 is 2.01 bits per heavy atom. The van der Waals surface area contributed by atoms with E-state index in [1.165, 1.54) is 14.2 Å². The minimum absolute atomic E-state index is 0.00925. The lowest BCUT2D eigenvalue weighted by Gasteiger charge is -2.22. The van der Waals surface area contributed by atoms with E-state index in [1.807, 2.05) is 60.4 Å². The minimum atomic E-state index is -0.498. The Balaban J connectivity index is 0.935. The third-order valence-corrected chi connectivity index (χ3v) is 12.5. The van der Waals surface area contributed by atoms with Gasteiger partial charge >= 0.3 is 0 Å². The molecule has 4 aliphatic rings. The summed E-state index contributed by atoms with van der Waals surface area (Å²) < 4.78 is 24.3. The molecule has 0 radical (unpaired) electrons. The fourth-order valence-electron chi connectivity index (χ4n) is 9.17. The maximum Gasteiger partial charge on any atom is 0.261 e. The molecule has 9 rings (SSSR count). The van der Waals surface area contributed by atoms with Crippen LogP contribution in [0.3, 0.4) is 0 Å². The Bertz CT molecular complexity index is 2830. The predicted octanol–water partition coefficient (Wildman–Crippen LogP) is 6.90. The molecule has 5 aromatic carbocycles. The Morgan fingerprint density at radius 1 is 0.691 bits per heavy atom. The van der Waals surface area contributed by atoms with Gasteiger partial charge in [-0.15, -0.1) is 0 Å². The highest BCUT2D eigenvalue weighted by molar-refractivity contribution is 6.15. The van der Waals surface area contributed by atoms with Crippen LogP contribution in [0.2, 0.25) is 0 Å². The number of methoxy groups -OCH3 is 2. The van der Waals surface area contributed by atoms with Crippen molar-refractivity contribution in [2.75, 3.05) is 54.3 Å². The summed E-state index contributed by atoms with van der Waals surface area (Å²) in [6, 6.07) is 27.7. The van der Waals surface area contributed by atoms with Crippen molar-refractivity contribution in [1.82, 2.24) is 10.6 Å². The van der Waals surface area contributed by atoms with Crippen molar-refractivity contribution in [1.29, 1.82) is 0 Å². The molecule has 350 valence electrons. The smallest absolute Gasteiger partial charge is 0.261 e.